The Morgan fingerprint density at radius 2 is 2.19 bits per heavy atom. The molecule has 5 rings (SSSR count). The summed E-state index contributed by atoms with van der Waals surface area (Å²) in [5, 5.41) is 19.0. The number of aliphatic hydroxyl groups is 1. The second-order valence-electron chi connectivity index (χ2n) is 6.59. The zero-order valence-corrected chi connectivity index (χ0v) is 14.5. The molecular formula is C17H18ClN3O5. The molecule has 138 valence electrons. The summed E-state index contributed by atoms with van der Waals surface area (Å²) in [6.07, 6.45) is 1.71. The van der Waals surface area contributed by atoms with Crippen LogP contribution in [0, 0.1) is 0 Å². The number of hydrogen-bond acceptors (Lipinski definition) is 7. The Kier molecular flexibility index (Phi) is 4.02. The van der Waals surface area contributed by atoms with E-state index in [1.54, 1.807) is 10.9 Å². The molecule has 0 aliphatic carbocycles. The number of hydrogen-bond donors (Lipinski definition) is 2. The van der Waals surface area contributed by atoms with Gasteiger partial charge < -0.3 is 29.4 Å². The quantitative estimate of drug-likeness (QED) is 0.822. The molecule has 0 unspecified atom stereocenters. The van der Waals surface area contributed by atoms with Gasteiger partial charge in [-0.15, -0.1) is 0 Å². The van der Waals surface area contributed by atoms with E-state index >= 15 is 0 Å². The molecule has 0 saturated carbocycles. The van der Waals surface area contributed by atoms with Gasteiger partial charge in [-0.25, -0.2) is 0 Å². The average Bonchev–Trinajstić information content (AvgIpc) is 3.35. The summed E-state index contributed by atoms with van der Waals surface area (Å²) in [5.41, 5.74) is 1.03. The maximum atomic E-state index is 10.9. The van der Waals surface area contributed by atoms with Crippen molar-refractivity contribution in [2.45, 2.75) is 37.1 Å². The maximum absolute atomic E-state index is 10.9. The van der Waals surface area contributed by atoms with Gasteiger partial charge in [0.2, 0.25) is 6.79 Å². The van der Waals surface area contributed by atoms with Crippen molar-refractivity contribution in [1.82, 2.24) is 15.1 Å². The van der Waals surface area contributed by atoms with Crippen LogP contribution in [0.1, 0.15) is 11.6 Å². The lowest BCUT2D eigenvalue weighted by Crippen LogP contribution is -2.57. The fourth-order valence-electron chi connectivity index (χ4n) is 3.70. The molecule has 2 aromatic rings. The van der Waals surface area contributed by atoms with E-state index < -0.39 is 18.4 Å². The SMILES string of the molecule is O[C@H]1[C@H](NCc2ccc3c(c2)OCO3)[C@H]2CO[C@H](O2)[C@@H]1n1cc(Cl)cn1. The van der Waals surface area contributed by atoms with Crippen LogP contribution in [0.3, 0.4) is 0 Å². The van der Waals surface area contributed by atoms with Crippen LogP contribution < -0.4 is 14.8 Å². The zero-order valence-electron chi connectivity index (χ0n) is 13.7. The van der Waals surface area contributed by atoms with Crippen LogP contribution >= 0.6 is 11.6 Å². The Hall–Kier alpha value is -1.84. The number of ether oxygens (including phenoxy) is 4. The van der Waals surface area contributed by atoms with Crippen molar-refractivity contribution in [3.05, 3.63) is 41.2 Å². The fraction of sp³-hybridized carbons (Fsp3) is 0.471. The van der Waals surface area contributed by atoms with Crippen LogP contribution in [0.15, 0.2) is 30.6 Å². The maximum Gasteiger partial charge on any atom is 0.231 e. The molecule has 2 bridgehead atoms. The summed E-state index contributed by atoms with van der Waals surface area (Å²) < 4.78 is 24.0. The first-order valence-electron chi connectivity index (χ1n) is 8.46. The summed E-state index contributed by atoms with van der Waals surface area (Å²) in [5.74, 6) is 1.48. The van der Waals surface area contributed by atoms with Gasteiger partial charge in [-0.3, -0.25) is 4.68 Å². The van der Waals surface area contributed by atoms with Gasteiger partial charge >= 0.3 is 0 Å². The molecule has 0 amide bonds. The van der Waals surface area contributed by atoms with Crippen LogP contribution in [-0.2, 0) is 16.0 Å². The second-order valence-corrected chi connectivity index (χ2v) is 7.03. The number of nitrogens with zero attached hydrogens (tertiary/aromatic N) is 2. The molecule has 26 heavy (non-hydrogen) atoms. The molecule has 5 atom stereocenters. The van der Waals surface area contributed by atoms with Crippen molar-refractivity contribution in [3.8, 4) is 11.5 Å². The smallest absolute Gasteiger partial charge is 0.231 e. The highest BCUT2D eigenvalue weighted by molar-refractivity contribution is 6.30. The van der Waals surface area contributed by atoms with Crippen LogP contribution in [0.25, 0.3) is 0 Å². The van der Waals surface area contributed by atoms with Crippen LogP contribution in [-0.4, -0.2) is 52.8 Å². The Morgan fingerprint density at radius 3 is 3.04 bits per heavy atom. The highest BCUT2D eigenvalue weighted by Crippen LogP contribution is 2.36. The Morgan fingerprint density at radius 1 is 1.31 bits per heavy atom. The lowest BCUT2D eigenvalue weighted by Gasteiger charge is -2.38. The number of aromatic nitrogens is 2. The van der Waals surface area contributed by atoms with Gasteiger partial charge in [0, 0.05) is 12.7 Å². The Labute approximate surface area is 154 Å². The molecule has 3 aliphatic rings. The number of fused-ring (bicyclic) bond motifs is 3. The monoisotopic (exact) mass is 379 g/mol. The molecule has 0 radical (unpaired) electrons. The highest BCUT2D eigenvalue weighted by atomic mass is 35.5. The van der Waals surface area contributed by atoms with Crippen LogP contribution in [0.4, 0.5) is 0 Å². The summed E-state index contributed by atoms with van der Waals surface area (Å²) in [4.78, 5) is 0. The van der Waals surface area contributed by atoms with Gasteiger partial charge in [-0.2, -0.15) is 5.10 Å². The Balaban J connectivity index is 1.33. The van der Waals surface area contributed by atoms with E-state index in [4.69, 9.17) is 30.5 Å². The van der Waals surface area contributed by atoms with Crippen molar-refractivity contribution in [1.29, 1.82) is 0 Å². The molecule has 1 aromatic carbocycles. The van der Waals surface area contributed by atoms with Gasteiger partial charge in [0.1, 0.15) is 12.1 Å². The molecule has 2 saturated heterocycles. The third-order valence-corrected chi connectivity index (χ3v) is 5.18. The number of benzene rings is 1. The Bertz CT molecular complexity index is 815. The minimum Gasteiger partial charge on any atom is -0.454 e. The summed E-state index contributed by atoms with van der Waals surface area (Å²) in [7, 11) is 0. The van der Waals surface area contributed by atoms with Crippen LogP contribution in [0.5, 0.6) is 11.5 Å². The van der Waals surface area contributed by atoms with Gasteiger partial charge in [0.05, 0.1) is 30.0 Å². The molecule has 3 aliphatic heterocycles. The van der Waals surface area contributed by atoms with E-state index in [0.717, 1.165) is 17.1 Å². The molecule has 9 heteroatoms. The minimum atomic E-state index is -0.730. The summed E-state index contributed by atoms with van der Waals surface area (Å²) in [6.45, 7) is 1.22. The molecule has 0 spiro atoms. The molecule has 2 N–H and O–H groups in total. The highest BCUT2D eigenvalue weighted by Gasteiger charge is 2.51. The van der Waals surface area contributed by atoms with E-state index in [-0.39, 0.29) is 18.9 Å². The normalized spacial score (nSPS) is 32.2. The van der Waals surface area contributed by atoms with Crippen molar-refractivity contribution in [2.75, 3.05) is 13.4 Å². The summed E-state index contributed by atoms with van der Waals surface area (Å²) >= 11 is 5.97. The first-order chi connectivity index (χ1) is 12.7. The standard InChI is InChI=1S/C17H18ClN3O5/c18-10-5-20-21(6-10)15-16(22)14(13-7-23-17(15)26-13)19-4-9-1-2-11-12(3-9)25-8-24-11/h1-3,5-6,13-17,19,22H,4,7-8H2/t13-,14-,15-,16+,17-/m1/s1. The van der Waals surface area contributed by atoms with Crippen molar-refractivity contribution in [2.24, 2.45) is 0 Å². The molecule has 4 heterocycles. The van der Waals surface area contributed by atoms with Gasteiger partial charge in [-0.1, -0.05) is 17.7 Å². The van der Waals surface area contributed by atoms with E-state index in [1.165, 1.54) is 6.20 Å². The van der Waals surface area contributed by atoms with Gasteiger partial charge in [0.15, 0.2) is 17.8 Å². The number of aliphatic hydroxyl groups excluding tert-OH is 1. The summed E-state index contributed by atoms with van der Waals surface area (Å²) in [6, 6.07) is 5.03. The van der Waals surface area contributed by atoms with Crippen molar-refractivity contribution < 1.29 is 24.1 Å². The zero-order chi connectivity index (χ0) is 17.7. The molecule has 2 fully saturated rings. The lowest BCUT2D eigenvalue weighted by atomic mass is 9.96. The molecular weight excluding hydrogens is 362 g/mol. The van der Waals surface area contributed by atoms with Gasteiger partial charge in [0.25, 0.3) is 0 Å². The fourth-order valence-corrected chi connectivity index (χ4v) is 3.84. The van der Waals surface area contributed by atoms with E-state index in [0.29, 0.717) is 18.2 Å². The van der Waals surface area contributed by atoms with Crippen molar-refractivity contribution in [3.63, 3.8) is 0 Å². The van der Waals surface area contributed by atoms with Gasteiger partial charge in [-0.05, 0) is 17.7 Å². The largest absolute Gasteiger partial charge is 0.454 e. The van der Waals surface area contributed by atoms with E-state index in [1.807, 2.05) is 18.2 Å². The first-order valence-corrected chi connectivity index (χ1v) is 8.83. The lowest BCUT2D eigenvalue weighted by molar-refractivity contribution is -0.168. The number of nitrogens with one attached hydrogen (secondary N) is 1. The van der Waals surface area contributed by atoms with Crippen molar-refractivity contribution >= 4 is 11.6 Å². The van der Waals surface area contributed by atoms with E-state index in [9.17, 15) is 5.11 Å². The second kappa shape index (κ2) is 6.40. The third kappa shape index (κ3) is 2.74. The predicted octanol–water partition coefficient (Wildman–Crippen LogP) is 1.08. The average molecular weight is 380 g/mol. The van der Waals surface area contributed by atoms with Crippen LogP contribution in [0.2, 0.25) is 5.02 Å². The predicted molar refractivity (Wildman–Crippen MR) is 90.1 cm³/mol. The molecule has 1 aromatic heterocycles. The number of rotatable bonds is 4. The first kappa shape index (κ1) is 16.3. The number of halogens is 1. The van der Waals surface area contributed by atoms with E-state index in [2.05, 4.69) is 10.4 Å². The molecule has 8 nitrogen and oxygen atoms in total. The third-order valence-electron chi connectivity index (χ3n) is 4.99. The topological polar surface area (TPSA) is 87.0 Å². The minimum absolute atomic E-state index is 0.216.